The lowest BCUT2D eigenvalue weighted by Gasteiger charge is -2.12. The number of imidazole rings is 1. The first-order valence-corrected chi connectivity index (χ1v) is 7.03. The first-order valence-electron chi connectivity index (χ1n) is 7.03. The molecule has 1 aromatic carbocycles. The molecule has 0 saturated carbocycles. The molecule has 3 aromatic rings. The maximum absolute atomic E-state index is 10.2. The van der Waals surface area contributed by atoms with Crippen molar-refractivity contribution >= 4 is 5.65 Å². The van der Waals surface area contributed by atoms with Crippen molar-refractivity contribution in [2.45, 2.75) is 13.0 Å². The van der Waals surface area contributed by atoms with E-state index in [-0.39, 0.29) is 0 Å². The first kappa shape index (κ1) is 14.4. The second-order valence-corrected chi connectivity index (χ2v) is 5.02. The molecule has 3 rings (SSSR count). The van der Waals surface area contributed by atoms with Crippen molar-refractivity contribution in [3.8, 4) is 22.8 Å². The molecule has 0 aliphatic heterocycles. The monoisotopic (exact) mass is 298 g/mol. The zero-order valence-corrected chi connectivity index (χ0v) is 12.8. The van der Waals surface area contributed by atoms with Gasteiger partial charge >= 0.3 is 0 Å². The van der Waals surface area contributed by atoms with Crippen LogP contribution in [0.4, 0.5) is 0 Å². The Bertz CT molecular complexity index is 809. The van der Waals surface area contributed by atoms with Gasteiger partial charge in [-0.05, 0) is 37.3 Å². The number of aliphatic hydroxyl groups is 1. The van der Waals surface area contributed by atoms with Gasteiger partial charge in [-0.1, -0.05) is 6.07 Å². The molecule has 114 valence electrons. The predicted octanol–water partition coefficient (Wildman–Crippen LogP) is 3.07. The van der Waals surface area contributed by atoms with Gasteiger partial charge in [0.15, 0.2) is 0 Å². The molecule has 0 fully saturated rings. The molecule has 5 nitrogen and oxygen atoms in total. The lowest BCUT2D eigenvalue weighted by atomic mass is 10.1. The van der Waals surface area contributed by atoms with Crippen LogP contribution >= 0.6 is 0 Å². The fraction of sp³-hybridized carbons (Fsp3) is 0.235. The van der Waals surface area contributed by atoms with Crippen molar-refractivity contribution in [3.63, 3.8) is 0 Å². The number of hydrogen-bond acceptors (Lipinski definition) is 4. The van der Waals surface area contributed by atoms with Gasteiger partial charge in [0.05, 0.1) is 31.7 Å². The summed E-state index contributed by atoms with van der Waals surface area (Å²) in [6.45, 7) is 1.73. The fourth-order valence-corrected chi connectivity index (χ4v) is 2.61. The summed E-state index contributed by atoms with van der Waals surface area (Å²) in [4.78, 5) is 4.66. The highest BCUT2D eigenvalue weighted by Crippen LogP contribution is 2.37. The van der Waals surface area contributed by atoms with E-state index in [0.29, 0.717) is 17.2 Å². The summed E-state index contributed by atoms with van der Waals surface area (Å²) in [5.74, 6) is 1.40. The molecule has 1 atom stereocenters. The smallest absolute Gasteiger partial charge is 0.137 e. The number of rotatable bonds is 4. The lowest BCUT2D eigenvalue weighted by Crippen LogP contribution is -2.00. The molecular formula is C17H18N2O3. The highest BCUT2D eigenvalue weighted by Gasteiger charge is 2.20. The lowest BCUT2D eigenvalue weighted by molar-refractivity contribution is 0.194. The zero-order valence-electron chi connectivity index (χ0n) is 12.8. The predicted molar refractivity (Wildman–Crippen MR) is 84.4 cm³/mol. The number of ether oxygens (including phenoxy) is 2. The van der Waals surface area contributed by atoms with Crippen molar-refractivity contribution in [3.05, 3.63) is 48.3 Å². The third-order valence-corrected chi connectivity index (χ3v) is 3.62. The summed E-state index contributed by atoms with van der Waals surface area (Å²) in [6.07, 6.45) is 1.23. The van der Waals surface area contributed by atoms with Crippen LogP contribution in [0.5, 0.6) is 11.5 Å². The molecule has 0 aliphatic rings. The second-order valence-electron chi connectivity index (χ2n) is 5.02. The molecule has 1 unspecified atom stereocenters. The van der Waals surface area contributed by atoms with Crippen LogP contribution in [0.15, 0.2) is 42.6 Å². The third-order valence-electron chi connectivity index (χ3n) is 3.62. The Morgan fingerprint density at radius 2 is 1.95 bits per heavy atom. The van der Waals surface area contributed by atoms with Gasteiger partial charge in [-0.25, -0.2) is 4.98 Å². The number of pyridine rings is 1. The molecule has 0 bridgehead atoms. The van der Waals surface area contributed by atoms with Crippen molar-refractivity contribution in [1.82, 2.24) is 9.38 Å². The van der Waals surface area contributed by atoms with Gasteiger partial charge in [0, 0.05) is 11.8 Å². The van der Waals surface area contributed by atoms with Crippen LogP contribution < -0.4 is 9.47 Å². The standard InChI is InChI=1S/C17H18N2O3/c1-11(20)17-16(18-15-6-4-5-9-19(15)17)13-10-12(21-2)7-8-14(13)22-3/h4-11,20H,1-3H3. The Morgan fingerprint density at radius 3 is 2.64 bits per heavy atom. The molecule has 0 saturated heterocycles. The minimum absolute atomic E-state index is 0.664. The number of methoxy groups -OCH3 is 2. The summed E-state index contributed by atoms with van der Waals surface area (Å²) in [7, 11) is 3.23. The molecule has 22 heavy (non-hydrogen) atoms. The van der Waals surface area contributed by atoms with E-state index in [4.69, 9.17) is 9.47 Å². The topological polar surface area (TPSA) is 56.0 Å². The van der Waals surface area contributed by atoms with Gasteiger partial charge in [-0.2, -0.15) is 0 Å². The van der Waals surface area contributed by atoms with Crippen LogP contribution in [0.3, 0.4) is 0 Å². The molecule has 2 aromatic heterocycles. The normalized spacial score (nSPS) is 12.4. The highest BCUT2D eigenvalue weighted by molar-refractivity contribution is 5.74. The van der Waals surface area contributed by atoms with Crippen molar-refractivity contribution < 1.29 is 14.6 Å². The van der Waals surface area contributed by atoms with Crippen LogP contribution in [0.1, 0.15) is 18.7 Å². The van der Waals surface area contributed by atoms with E-state index in [2.05, 4.69) is 4.98 Å². The minimum atomic E-state index is -0.664. The van der Waals surface area contributed by atoms with E-state index < -0.39 is 6.10 Å². The number of fused-ring (bicyclic) bond motifs is 1. The van der Waals surface area contributed by atoms with Crippen LogP contribution in [0, 0.1) is 0 Å². The van der Waals surface area contributed by atoms with Crippen molar-refractivity contribution in [2.24, 2.45) is 0 Å². The maximum Gasteiger partial charge on any atom is 0.137 e. The van der Waals surface area contributed by atoms with Crippen LogP contribution in [-0.4, -0.2) is 28.7 Å². The molecule has 0 spiro atoms. The average Bonchev–Trinajstić information content (AvgIpc) is 2.93. The zero-order chi connectivity index (χ0) is 15.7. The van der Waals surface area contributed by atoms with E-state index >= 15 is 0 Å². The quantitative estimate of drug-likeness (QED) is 0.804. The summed E-state index contributed by atoms with van der Waals surface area (Å²) in [6, 6.07) is 11.3. The SMILES string of the molecule is COc1ccc(OC)c(-c2nc3ccccn3c2C(C)O)c1. The van der Waals surface area contributed by atoms with Gasteiger partial charge in [-0.15, -0.1) is 0 Å². The Labute approximate surface area is 128 Å². The Hall–Kier alpha value is -2.53. The van der Waals surface area contributed by atoms with Crippen molar-refractivity contribution in [2.75, 3.05) is 14.2 Å². The Balaban J connectivity index is 2.32. The van der Waals surface area contributed by atoms with E-state index in [9.17, 15) is 5.11 Å². The van der Waals surface area contributed by atoms with E-state index in [1.165, 1.54) is 0 Å². The second kappa shape index (κ2) is 5.69. The van der Waals surface area contributed by atoms with Crippen LogP contribution in [-0.2, 0) is 0 Å². The molecule has 2 heterocycles. The average molecular weight is 298 g/mol. The first-order chi connectivity index (χ1) is 10.7. The maximum atomic E-state index is 10.2. The molecule has 1 N–H and O–H groups in total. The van der Waals surface area contributed by atoms with Gasteiger partial charge in [0.1, 0.15) is 17.1 Å². The fourth-order valence-electron chi connectivity index (χ4n) is 2.61. The summed E-state index contributed by atoms with van der Waals surface area (Å²) in [5.41, 5.74) is 2.99. The van der Waals surface area contributed by atoms with E-state index in [0.717, 1.165) is 16.9 Å². The van der Waals surface area contributed by atoms with Crippen molar-refractivity contribution in [1.29, 1.82) is 0 Å². The molecule has 0 aliphatic carbocycles. The third kappa shape index (κ3) is 2.29. The minimum Gasteiger partial charge on any atom is -0.497 e. The molecule has 5 heteroatoms. The van der Waals surface area contributed by atoms with Gasteiger partial charge < -0.3 is 19.0 Å². The summed E-state index contributed by atoms with van der Waals surface area (Å²) < 4.78 is 12.6. The van der Waals surface area contributed by atoms with E-state index in [1.54, 1.807) is 21.1 Å². The molecular weight excluding hydrogens is 280 g/mol. The van der Waals surface area contributed by atoms with E-state index in [1.807, 2.05) is 47.0 Å². The number of hydrogen-bond donors (Lipinski definition) is 1. The van der Waals surface area contributed by atoms with Crippen LogP contribution in [0.25, 0.3) is 16.9 Å². The van der Waals surface area contributed by atoms with Gasteiger partial charge in [-0.3, -0.25) is 0 Å². The Kier molecular flexibility index (Phi) is 3.73. The van der Waals surface area contributed by atoms with Crippen LogP contribution in [0.2, 0.25) is 0 Å². The molecule has 0 amide bonds. The number of aliphatic hydroxyl groups excluding tert-OH is 1. The molecule has 0 radical (unpaired) electrons. The highest BCUT2D eigenvalue weighted by atomic mass is 16.5. The summed E-state index contributed by atoms with van der Waals surface area (Å²) >= 11 is 0. The van der Waals surface area contributed by atoms with Gasteiger partial charge in [0.2, 0.25) is 0 Å². The van der Waals surface area contributed by atoms with Gasteiger partial charge in [0.25, 0.3) is 0 Å². The summed E-state index contributed by atoms with van der Waals surface area (Å²) in [5, 5.41) is 10.2. The Morgan fingerprint density at radius 1 is 1.14 bits per heavy atom. The number of aromatic nitrogens is 2. The largest absolute Gasteiger partial charge is 0.497 e. The number of nitrogens with zero attached hydrogens (tertiary/aromatic N) is 2. The number of benzene rings is 1.